The fourth-order valence-electron chi connectivity index (χ4n) is 1.60. The predicted octanol–water partition coefficient (Wildman–Crippen LogP) is 3.79. The SMILES string of the molecule is C=C=Cc1cccc(C(C)(C)C)c1OC. The summed E-state index contributed by atoms with van der Waals surface area (Å²) in [6.45, 7) is 10.1. The van der Waals surface area contributed by atoms with Crippen molar-refractivity contribution in [3.8, 4) is 5.75 Å². The molecule has 0 saturated carbocycles. The van der Waals surface area contributed by atoms with Crippen molar-refractivity contribution in [2.24, 2.45) is 0 Å². The Morgan fingerprint density at radius 1 is 1.33 bits per heavy atom. The first-order valence-corrected chi connectivity index (χ1v) is 5.04. The zero-order valence-electron chi connectivity index (χ0n) is 9.92. The minimum Gasteiger partial charge on any atom is -0.496 e. The van der Waals surface area contributed by atoms with Crippen LogP contribution in [0.1, 0.15) is 31.9 Å². The van der Waals surface area contributed by atoms with Gasteiger partial charge in [-0.15, -0.1) is 5.73 Å². The number of para-hydroxylation sites is 1. The lowest BCUT2D eigenvalue weighted by Crippen LogP contribution is -2.13. The fourth-order valence-corrected chi connectivity index (χ4v) is 1.60. The van der Waals surface area contributed by atoms with Gasteiger partial charge >= 0.3 is 0 Å². The van der Waals surface area contributed by atoms with Gasteiger partial charge in [0.2, 0.25) is 0 Å². The van der Waals surface area contributed by atoms with E-state index in [0.717, 1.165) is 11.3 Å². The van der Waals surface area contributed by atoms with Gasteiger partial charge < -0.3 is 4.74 Å². The van der Waals surface area contributed by atoms with E-state index in [9.17, 15) is 0 Å². The number of hydrogen-bond acceptors (Lipinski definition) is 1. The quantitative estimate of drug-likeness (QED) is 0.663. The summed E-state index contributed by atoms with van der Waals surface area (Å²) in [7, 11) is 1.70. The normalized spacial score (nSPS) is 10.7. The first kappa shape index (κ1) is 11.6. The first-order valence-electron chi connectivity index (χ1n) is 5.04. The second-order valence-electron chi connectivity index (χ2n) is 4.53. The topological polar surface area (TPSA) is 9.23 Å². The molecule has 0 spiro atoms. The first-order chi connectivity index (χ1) is 7.00. The third-order valence-electron chi connectivity index (χ3n) is 2.32. The van der Waals surface area contributed by atoms with E-state index in [2.05, 4.69) is 39.1 Å². The van der Waals surface area contributed by atoms with Gasteiger partial charge in [0, 0.05) is 11.1 Å². The standard InChI is InChI=1S/C14H18O/c1-6-8-11-9-7-10-12(13(11)15-5)14(2,3)4/h7-10H,1H2,2-5H3. The van der Waals surface area contributed by atoms with Gasteiger partial charge in [-0.3, -0.25) is 0 Å². The molecule has 0 saturated heterocycles. The molecule has 0 atom stereocenters. The second kappa shape index (κ2) is 4.37. The van der Waals surface area contributed by atoms with Gasteiger partial charge in [0.15, 0.2) is 0 Å². The molecule has 1 rings (SSSR count). The molecular formula is C14H18O. The summed E-state index contributed by atoms with van der Waals surface area (Å²) in [4.78, 5) is 0. The van der Waals surface area contributed by atoms with E-state index < -0.39 is 0 Å². The zero-order chi connectivity index (χ0) is 11.5. The maximum Gasteiger partial charge on any atom is 0.130 e. The second-order valence-corrected chi connectivity index (χ2v) is 4.53. The number of benzene rings is 1. The van der Waals surface area contributed by atoms with Gasteiger partial charge in [0.1, 0.15) is 5.75 Å². The molecule has 0 aliphatic carbocycles. The monoisotopic (exact) mass is 202 g/mol. The van der Waals surface area contributed by atoms with Crippen LogP contribution in [0.5, 0.6) is 5.75 Å². The summed E-state index contributed by atoms with van der Waals surface area (Å²) in [6, 6.07) is 6.14. The largest absolute Gasteiger partial charge is 0.496 e. The molecule has 0 aliphatic rings. The minimum atomic E-state index is 0.0797. The van der Waals surface area contributed by atoms with E-state index in [1.807, 2.05) is 18.2 Å². The molecule has 1 aromatic rings. The Balaban J connectivity index is 3.41. The van der Waals surface area contributed by atoms with Crippen molar-refractivity contribution in [1.29, 1.82) is 0 Å². The van der Waals surface area contributed by atoms with E-state index in [1.165, 1.54) is 5.56 Å². The molecule has 0 N–H and O–H groups in total. The fraction of sp³-hybridized carbons (Fsp3) is 0.357. The molecule has 1 heteroatoms. The highest BCUT2D eigenvalue weighted by Gasteiger charge is 2.19. The maximum absolute atomic E-state index is 5.46. The van der Waals surface area contributed by atoms with Gasteiger partial charge in [0.25, 0.3) is 0 Å². The van der Waals surface area contributed by atoms with E-state index in [0.29, 0.717) is 0 Å². The van der Waals surface area contributed by atoms with Crippen LogP contribution < -0.4 is 4.74 Å². The average Bonchev–Trinajstić information content (AvgIpc) is 2.16. The Hall–Kier alpha value is -1.46. The molecule has 0 unspecified atom stereocenters. The summed E-state index contributed by atoms with van der Waals surface area (Å²) in [5.41, 5.74) is 5.09. The molecule has 0 heterocycles. The van der Waals surface area contributed by atoms with Crippen LogP contribution in [0.25, 0.3) is 6.08 Å². The third kappa shape index (κ3) is 2.51. The van der Waals surface area contributed by atoms with Crippen molar-refractivity contribution < 1.29 is 4.74 Å². The van der Waals surface area contributed by atoms with E-state index in [4.69, 9.17) is 4.74 Å². The van der Waals surface area contributed by atoms with Crippen molar-refractivity contribution in [3.63, 3.8) is 0 Å². The van der Waals surface area contributed by atoms with Crippen molar-refractivity contribution in [2.45, 2.75) is 26.2 Å². The van der Waals surface area contributed by atoms with Crippen LogP contribution in [0, 0.1) is 0 Å². The Labute approximate surface area is 92.1 Å². The van der Waals surface area contributed by atoms with E-state index in [-0.39, 0.29) is 5.41 Å². The number of methoxy groups -OCH3 is 1. The highest BCUT2D eigenvalue weighted by Crippen LogP contribution is 2.34. The Morgan fingerprint density at radius 3 is 2.47 bits per heavy atom. The number of rotatable bonds is 2. The van der Waals surface area contributed by atoms with Crippen LogP contribution >= 0.6 is 0 Å². The van der Waals surface area contributed by atoms with Crippen LogP contribution in [0.4, 0.5) is 0 Å². The van der Waals surface area contributed by atoms with Gasteiger partial charge in [0.05, 0.1) is 7.11 Å². The lowest BCUT2D eigenvalue weighted by atomic mass is 9.85. The predicted molar refractivity (Wildman–Crippen MR) is 65.3 cm³/mol. The Kier molecular flexibility index (Phi) is 3.39. The van der Waals surface area contributed by atoms with E-state index >= 15 is 0 Å². The Bertz CT molecular complexity index is 390. The van der Waals surface area contributed by atoms with E-state index in [1.54, 1.807) is 7.11 Å². The molecule has 0 aliphatic heterocycles. The van der Waals surface area contributed by atoms with Crippen LogP contribution in [0.3, 0.4) is 0 Å². The molecule has 0 bridgehead atoms. The molecule has 0 aromatic heterocycles. The summed E-state index contributed by atoms with van der Waals surface area (Å²) >= 11 is 0. The third-order valence-corrected chi connectivity index (χ3v) is 2.32. The molecule has 1 nitrogen and oxygen atoms in total. The lowest BCUT2D eigenvalue weighted by Gasteiger charge is -2.23. The van der Waals surface area contributed by atoms with Crippen molar-refractivity contribution >= 4 is 6.08 Å². The van der Waals surface area contributed by atoms with Crippen LogP contribution in [0.15, 0.2) is 30.5 Å². The zero-order valence-corrected chi connectivity index (χ0v) is 9.92. The number of ether oxygens (including phenoxy) is 1. The maximum atomic E-state index is 5.46. The van der Waals surface area contributed by atoms with Gasteiger partial charge in [-0.2, -0.15) is 0 Å². The molecule has 15 heavy (non-hydrogen) atoms. The van der Waals surface area contributed by atoms with Crippen molar-refractivity contribution in [1.82, 2.24) is 0 Å². The van der Waals surface area contributed by atoms with Gasteiger partial charge in [-0.1, -0.05) is 45.5 Å². The summed E-state index contributed by atoms with van der Waals surface area (Å²) < 4.78 is 5.46. The Morgan fingerprint density at radius 2 is 2.00 bits per heavy atom. The minimum absolute atomic E-state index is 0.0797. The molecule has 0 amide bonds. The average molecular weight is 202 g/mol. The lowest BCUT2D eigenvalue weighted by molar-refractivity contribution is 0.396. The number of hydrogen-bond donors (Lipinski definition) is 0. The van der Waals surface area contributed by atoms with Gasteiger partial charge in [-0.25, -0.2) is 0 Å². The molecule has 0 radical (unpaired) electrons. The highest BCUT2D eigenvalue weighted by atomic mass is 16.5. The summed E-state index contributed by atoms with van der Waals surface area (Å²) in [6.07, 6.45) is 1.84. The molecule has 80 valence electrons. The van der Waals surface area contributed by atoms with Gasteiger partial charge in [-0.05, 0) is 11.5 Å². The highest BCUT2D eigenvalue weighted by molar-refractivity contribution is 5.60. The van der Waals surface area contributed by atoms with Crippen molar-refractivity contribution in [2.75, 3.05) is 7.11 Å². The van der Waals surface area contributed by atoms with Crippen molar-refractivity contribution in [3.05, 3.63) is 41.6 Å². The smallest absolute Gasteiger partial charge is 0.130 e. The molecular weight excluding hydrogens is 184 g/mol. The summed E-state index contributed by atoms with van der Waals surface area (Å²) in [5.74, 6) is 0.918. The van der Waals surface area contributed by atoms with Crippen LogP contribution in [0.2, 0.25) is 0 Å². The van der Waals surface area contributed by atoms with Crippen LogP contribution in [-0.2, 0) is 5.41 Å². The molecule has 1 aromatic carbocycles. The summed E-state index contributed by atoms with van der Waals surface area (Å²) in [5, 5.41) is 0. The molecule has 0 fully saturated rings. The van der Waals surface area contributed by atoms with Crippen LogP contribution in [-0.4, -0.2) is 7.11 Å².